The van der Waals surface area contributed by atoms with Gasteiger partial charge < -0.3 is 55.1 Å². The number of carbonyl (C=O) groups is 1. The summed E-state index contributed by atoms with van der Waals surface area (Å²) >= 11 is 0. The van der Waals surface area contributed by atoms with E-state index in [0.29, 0.717) is 19.3 Å². The molecule has 0 bridgehead atoms. The van der Waals surface area contributed by atoms with Gasteiger partial charge >= 0.3 is 5.97 Å². The lowest BCUT2D eigenvalue weighted by molar-refractivity contribution is -0.342. The topological polar surface area (TPSA) is 207 Å². The van der Waals surface area contributed by atoms with Gasteiger partial charge in [-0.05, 0) is 56.4 Å². The lowest BCUT2D eigenvalue weighted by atomic mass is 9.40. The van der Waals surface area contributed by atoms with Crippen LogP contribution in [0.3, 0.4) is 0 Å². The van der Waals surface area contributed by atoms with Gasteiger partial charge in [0.1, 0.15) is 24.9 Å². The van der Waals surface area contributed by atoms with Crippen molar-refractivity contribution in [3.05, 3.63) is 11.6 Å². The zero-order valence-electron chi connectivity index (χ0n) is 23.5. The second-order valence-corrected chi connectivity index (χ2v) is 13.8. The van der Waals surface area contributed by atoms with Crippen LogP contribution in [0.5, 0.6) is 0 Å². The Bertz CT molecular complexity index is 1080. The maximum atomic E-state index is 12.4. The fraction of sp³-hybridized carbons (Fsp3) is 0.897. The predicted molar refractivity (Wildman–Crippen MR) is 139 cm³/mol. The van der Waals surface area contributed by atoms with Gasteiger partial charge in [0.05, 0.1) is 47.6 Å². The molecule has 0 aromatic heterocycles. The Balaban J connectivity index is 1.28. The van der Waals surface area contributed by atoms with Crippen molar-refractivity contribution < 1.29 is 59.9 Å². The molecule has 1 saturated heterocycles. The number of hydrogen-bond acceptors (Lipinski definition) is 12. The molecule has 0 unspecified atom stereocenters. The van der Waals surface area contributed by atoms with Crippen molar-refractivity contribution in [2.75, 3.05) is 13.2 Å². The monoisotopic (exact) mass is 584 g/mol. The van der Waals surface area contributed by atoms with E-state index in [-0.39, 0.29) is 38.2 Å². The fourth-order valence-corrected chi connectivity index (χ4v) is 10.1. The van der Waals surface area contributed by atoms with E-state index in [1.807, 2.05) is 6.92 Å². The molecule has 0 aromatic carbocycles. The van der Waals surface area contributed by atoms with Crippen LogP contribution >= 0.6 is 0 Å². The van der Waals surface area contributed by atoms with Gasteiger partial charge in [0.25, 0.3) is 0 Å². The Kier molecular flexibility index (Phi) is 7.22. The molecule has 12 nitrogen and oxygen atoms in total. The van der Waals surface area contributed by atoms with E-state index in [0.717, 1.165) is 5.57 Å². The van der Waals surface area contributed by atoms with Crippen LogP contribution in [0.2, 0.25) is 0 Å². The lowest BCUT2D eigenvalue weighted by Crippen LogP contribution is -2.76. The number of aliphatic hydroxyl groups is 8. The van der Waals surface area contributed by atoms with Crippen LogP contribution in [0.25, 0.3) is 0 Å². The number of carbonyl (C=O) groups excluding carboxylic acids is 1. The van der Waals surface area contributed by atoms with Crippen molar-refractivity contribution in [1.82, 2.24) is 0 Å². The summed E-state index contributed by atoms with van der Waals surface area (Å²) in [5.74, 6) is -1.93. The molecule has 232 valence electrons. The van der Waals surface area contributed by atoms with Gasteiger partial charge in [0, 0.05) is 30.3 Å². The molecule has 4 saturated carbocycles. The standard InChI is InChI=1S/C29H44O12/c1-13-22(34)23(35)24(36)25(40-13)41-15-8-19(32)28(12-30)21-17(3-5-27(28,37)9-15)29(38)6-4-16(14-7-20(33)39-11-14)26(29,2)10-18(21)31/h7,13,15-19,21-25,30-32,34-38H,3-6,8-12H2,1-2H3/t13-,15+,16-,17-,18-,19-,21-,22-,23+,24+,25-,26-,27+,28-,29+/m1/s1. The average Bonchev–Trinajstić information content (AvgIpc) is 3.45. The zero-order chi connectivity index (χ0) is 29.7. The fourth-order valence-electron chi connectivity index (χ4n) is 10.1. The highest BCUT2D eigenvalue weighted by atomic mass is 16.7. The Morgan fingerprint density at radius 3 is 2.41 bits per heavy atom. The van der Waals surface area contributed by atoms with Crippen molar-refractivity contribution >= 4 is 5.97 Å². The van der Waals surface area contributed by atoms with Gasteiger partial charge in [-0.3, -0.25) is 0 Å². The van der Waals surface area contributed by atoms with E-state index in [9.17, 15) is 45.6 Å². The van der Waals surface area contributed by atoms with E-state index in [4.69, 9.17) is 14.2 Å². The van der Waals surface area contributed by atoms with Crippen LogP contribution in [0.1, 0.15) is 58.8 Å². The SMILES string of the molecule is C[C@H]1O[C@H](O[C@H]2C[C@@H](O)[C@]3(CO)[C@H]4[C@H](O)C[C@]5(C)[C@@H](C6=CC(=O)OC6)CC[C@]5(O)[C@@H]4CC[C@]3(O)C2)[C@@H](O)[C@@H](O)[C@@H]1O. The van der Waals surface area contributed by atoms with E-state index in [2.05, 4.69) is 0 Å². The third kappa shape index (κ3) is 3.99. The van der Waals surface area contributed by atoms with Crippen LogP contribution < -0.4 is 0 Å². The maximum Gasteiger partial charge on any atom is 0.331 e. The van der Waals surface area contributed by atoms with Gasteiger partial charge in [-0.15, -0.1) is 0 Å². The molecule has 5 fully saturated rings. The summed E-state index contributed by atoms with van der Waals surface area (Å²) in [4.78, 5) is 11.8. The van der Waals surface area contributed by atoms with Gasteiger partial charge in [0.15, 0.2) is 6.29 Å². The maximum absolute atomic E-state index is 12.4. The van der Waals surface area contributed by atoms with E-state index < -0.39 is 95.5 Å². The number of fused-ring (bicyclic) bond motifs is 5. The Labute approximate surface area is 238 Å². The van der Waals surface area contributed by atoms with E-state index >= 15 is 0 Å². The summed E-state index contributed by atoms with van der Waals surface area (Å²) in [6.07, 6.45) is -6.68. The quantitative estimate of drug-likeness (QED) is 0.140. The third-order valence-electron chi connectivity index (χ3n) is 12.2. The van der Waals surface area contributed by atoms with Crippen LogP contribution in [0.4, 0.5) is 0 Å². The third-order valence-corrected chi connectivity index (χ3v) is 12.2. The van der Waals surface area contributed by atoms with Crippen molar-refractivity contribution in [1.29, 1.82) is 0 Å². The van der Waals surface area contributed by atoms with Gasteiger partial charge in [-0.25, -0.2) is 4.79 Å². The average molecular weight is 585 g/mol. The number of cyclic esters (lactones) is 1. The number of ether oxygens (including phenoxy) is 3. The summed E-state index contributed by atoms with van der Waals surface area (Å²) in [6.45, 7) is 3.00. The summed E-state index contributed by atoms with van der Waals surface area (Å²) in [5, 5.41) is 89.6. The molecule has 41 heavy (non-hydrogen) atoms. The second kappa shape index (κ2) is 9.91. The highest BCUT2D eigenvalue weighted by Crippen LogP contribution is 2.70. The molecular weight excluding hydrogens is 540 g/mol. The molecule has 2 aliphatic heterocycles. The van der Waals surface area contributed by atoms with Gasteiger partial charge in [-0.2, -0.15) is 0 Å². The number of aliphatic hydroxyl groups excluding tert-OH is 6. The summed E-state index contributed by atoms with van der Waals surface area (Å²) in [7, 11) is 0. The minimum Gasteiger partial charge on any atom is -0.458 e. The molecule has 6 aliphatic rings. The molecule has 12 heteroatoms. The summed E-state index contributed by atoms with van der Waals surface area (Å²) in [6, 6.07) is 0. The molecular formula is C29H44O12. The van der Waals surface area contributed by atoms with E-state index in [1.54, 1.807) is 0 Å². The molecule has 4 aliphatic carbocycles. The number of esters is 1. The normalized spacial score (nSPS) is 56.9. The predicted octanol–water partition coefficient (Wildman–Crippen LogP) is -1.51. The molecule has 0 radical (unpaired) electrons. The lowest BCUT2D eigenvalue weighted by Gasteiger charge is -2.68. The molecule has 0 spiro atoms. The van der Waals surface area contributed by atoms with Gasteiger partial charge in [-0.1, -0.05) is 6.92 Å². The Morgan fingerprint density at radius 2 is 1.76 bits per heavy atom. The first kappa shape index (κ1) is 29.9. The van der Waals surface area contributed by atoms with Crippen LogP contribution in [0, 0.1) is 28.6 Å². The molecule has 8 N–H and O–H groups in total. The second-order valence-electron chi connectivity index (χ2n) is 13.8. The molecule has 0 aromatic rings. The highest BCUT2D eigenvalue weighted by Gasteiger charge is 2.75. The zero-order valence-corrected chi connectivity index (χ0v) is 23.5. The Hall–Kier alpha value is -1.19. The van der Waals surface area contributed by atoms with Crippen molar-refractivity contribution in [2.45, 2.75) is 119 Å². The van der Waals surface area contributed by atoms with Crippen molar-refractivity contribution in [3.63, 3.8) is 0 Å². The number of hydrogen-bond donors (Lipinski definition) is 8. The van der Waals surface area contributed by atoms with Crippen molar-refractivity contribution in [3.8, 4) is 0 Å². The molecule has 0 amide bonds. The smallest absolute Gasteiger partial charge is 0.331 e. The molecule has 15 atom stereocenters. The minimum absolute atomic E-state index is 0.0369. The van der Waals surface area contributed by atoms with Crippen LogP contribution in [0.15, 0.2) is 11.6 Å². The van der Waals surface area contributed by atoms with Crippen molar-refractivity contribution in [2.24, 2.45) is 28.6 Å². The van der Waals surface area contributed by atoms with E-state index in [1.165, 1.54) is 13.0 Å². The van der Waals surface area contributed by atoms with Crippen LogP contribution in [-0.4, -0.2) is 120 Å². The summed E-state index contributed by atoms with van der Waals surface area (Å²) < 4.78 is 16.7. The molecule has 2 heterocycles. The van der Waals surface area contributed by atoms with Crippen LogP contribution in [-0.2, 0) is 19.0 Å². The minimum atomic E-state index is -1.67. The summed E-state index contributed by atoms with van der Waals surface area (Å²) in [5.41, 5.74) is -4.46. The first-order valence-electron chi connectivity index (χ1n) is 14.9. The largest absolute Gasteiger partial charge is 0.458 e. The molecule has 6 rings (SSSR count). The number of rotatable bonds is 4. The first-order valence-corrected chi connectivity index (χ1v) is 14.9. The first-order chi connectivity index (χ1) is 19.2. The van der Waals surface area contributed by atoms with Gasteiger partial charge in [0.2, 0.25) is 0 Å². The highest BCUT2D eigenvalue weighted by molar-refractivity contribution is 5.85. The Morgan fingerprint density at radius 1 is 1.02 bits per heavy atom.